The first-order valence-electron chi connectivity index (χ1n) is 4.84. The average molecular weight is 237 g/mol. The SMILES string of the molecule is CCC(NC)C(C)S(=O)(=O)CC(=O)OC. The van der Waals surface area contributed by atoms with Gasteiger partial charge < -0.3 is 10.1 Å². The maximum absolute atomic E-state index is 11.7. The van der Waals surface area contributed by atoms with Crippen LogP contribution in [0.5, 0.6) is 0 Å². The Balaban J connectivity index is 4.65. The number of rotatable bonds is 6. The summed E-state index contributed by atoms with van der Waals surface area (Å²) in [4.78, 5) is 10.9. The predicted molar refractivity (Wildman–Crippen MR) is 58.4 cm³/mol. The van der Waals surface area contributed by atoms with Gasteiger partial charge in [0.15, 0.2) is 9.84 Å². The van der Waals surface area contributed by atoms with E-state index in [0.717, 1.165) is 0 Å². The van der Waals surface area contributed by atoms with Crippen molar-refractivity contribution >= 4 is 15.8 Å². The lowest BCUT2D eigenvalue weighted by Gasteiger charge is -2.21. The van der Waals surface area contributed by atoms with Gasteiger partial charge in [0.2, 0.25) is 0 Å². The Labute approximate surface area is 91.1 Å². The van der Waals surface area contributed by atoms with Crippen LogP contribution in [-0.4, -0.2) is 45.6 Å². The van der Waals surface area contributed by atoms with Crippen LogP contribution < -0.4 is 5.32 Å². The number of carbonyl (C=O) groups excluding carboxylic acids is 1. The van der Waals surface area contributed by atoms with Crippen LogP contribution in [-0.2, 0) is 19.4 Å². The molecular formula is C9H19NO4S. The average Bonchev–Trinajstić information content (AvgIpc) is 2.18. The Bertz CT molecular complexity index is 295. The summed E-state index contributed by atoms with van der Waals surface area (Å²) in [5, 5.41) is 2.33. The first-order chi connectivity index (χ1) is 6.88. The second-order valence-corrected chi connectivity index (χ2v) is 5.75. The van der Waals surface area contributed by atoms with Crippen molar-refractivity contribution in [3.05, 3.63) is 0 Å². The Hall–Kier alpha value is -0.620. The van der Waals surface area contributed by atoms with E-state index >= 15 is 0 Å². The van der Waals surface area contributed by atoms with E-state index in [0.29, 0.717) is 6.42 Å². The highest BCUT2D eigenvalue weighted by molar-refractivity contribution is 7.92. The summed E-state index contributed by atoms with van der Waals surface area (Å²) in [5.74, 6) is -1.27. The van der Waals surface area contributed by atoms with Gasteiger partial charge in [-0.1, -0.05) is 6.92 Å². The molecule has 2 atom stereocenters. The van der Waals surface area contributed by atoms with Gasteiger partial charge in [-0.05, 0) is 20.4 Å². The zero-order chi connectivity index (χ0) is 12.1. The van der Waals surface area contributed by atoms with E-state index in [1.54, 1.807) is 14.0 Å². The number of hydrogen-bond acceptors (Lipinski definition) is 5. The third-order valence-corrected chi connectivity index (χ3v) is 4.59. The molecule has 0 bridgehead atoms. The summed E-state index contributed by atoms with van der Waals surface area (Å²) < 4.78 is 27.8. The van der Waals surface area contributed by atoms with Gasteiger partial charge in [-0.3, -0.25) is 4.79 Å². The maximum Gasteiger partial charge on any atom is 0.320 e. The molecule has 0 spiro atoms. The van der Waals surface area contributed by atoms with Crippen molar-refractivity contribution in [3.63, 3.8) is 0 Å². The smallest absolute Gasteiger partial charge is 0.320 e. The van der Waals surface area contributed by atoms with Gasteiger partial charge in [0.05, 0.1) is 12.4 Å². The topological polar surface area (TPSA) is 72.5 Å². The highest BCUT2D eigenvalue weighted by atomic mass is 32.2. The van der Waals surface area contributed by atoms with Gasteiger partial charge in [0, 0.05) is 6.04 Å². The Morgan fingerprint density at radius 1 is 1.47 bits per heavy atom. The minimum absolute atomic E-state index is 0.139. The van der Waals surface area contributed by atoms with Gasteiger partial charge in [0.1, 0.15) is 5.75 Å². The first kappa shape index (κ1) is 14.4. The molecule has 90 valence electrons. The fourth-order valence-electron chi connectivity index (χ4n) is 1.38. The van der Waals surface area contributed by atoms with E-state index in [2.05, 4.69) is 10.1 Å². The van der Waals surface area contributed by atoms with Crippen LogP contribution in [0.3, 0.4) is 0 Å². The number of methoxy groups -OCH3 is 1. The molecule has 0 rings (SSSR count). The molecule has 0 aliphatic rings. The second-order valence-electron chi connectivity index (χ2n) is 3.39. The van der Waals surface area contributed by atoms with Crippen LogP contribution in [0.1, 0.15) is 20.3 Å². The Morgan fingerprint density at radius 3 is 2.33 bits per heavy atom. The Morgan fingerprint density at radius 2 is 2.00 bits per heavy atom. The number of ether oxygens (including phenoxy) is 1. The second kappa shape index (κ2) is 6.07. The lowest BCUT2D eigenvalue weighted by atomic mass is 10.2. The molecule has 0 aromatic heterocycles. The largest absolute Gasteiger partial charge is 0.468 e. The standard InChI is InChI=1S/C9H19NO4S/c1-5-8(10-3)7(2)15(12,13)6-9(11)14-4/h7-8,10H,5-6H2,1-4H3. The van der Waals surface area contributed by atoms with Gasteiger partial charge in [-0.2, -0.15) is 0 Å². The molecule has 5 nitrogen and oxygen atoms in total. The zero-order valence-corrected chi connectivity index (χ0v) is 10.4. The minimum Gasteiger partial charge on any atom is -0.468 e. The van der Waals surface area contributed by atoms with E-state index in [1.165, 1.54) is 7.11 Å². The van der Waals surface area contributed by atoms with E-state index in [1.807, 2.05) is 6.92 Å². The van der Waals surface area contributed by atoms with E-state index in [4.69, 9.17) is 0 Å². The number of esters is 1. The van der Waals surface area contributed by atoms with Crippen LogP contribution in [0.15, 0.2) is 0 Å². The Kier molecular flexibility index (Phi) is 5.82. The van der Waals surface area contributed by atoms with Gasteiger partial charge in [0.25, 0.3) is 0 Å². The summed E-state index contributed by atoms with van der Waals surface area (Å²) in [6, 6.07) is -0.139. The lowest BCUT2D eigenvalue weighted by molar-refractivity contribution is -0.137. The molecule has 0 aliphatic heterocycles. The van der Waals surface area contributed by atoms with Crippen molar-refractivity contribution in [2.75, 3.05) is 19.9 Å². The van der Waals surface area contributed by atoms with E-state index in [-0.39, 0.29) is 6.04 Å². The molecule has 0 aromatic carbocycles. The van der Waals surface area contributed by atoms with Crippen molar-refractivity contribution < 1.29 is 17.9 Å². The predicted octanol–water partition coefficient (Wildman–Crippen LogP) is -0.0393. The summed E-state index contributed by atoms with van der Waals surface area (Å²) in [6.45, 7) is 3.49. The molecule has 0 radical (unpaired) electrons. The number of carbonyl (C=O) groups is 1. The van der Waals surface area contributed by atoms with Crippen molar-refractivity contribution in [2.24, 2.45) is 0 Å². The van der Waals surface area contributed by atoms with Gasteiger partial charge >= 0.3 is 5.97 Å². The maximum atomic E-state index is 11.7. The molecular weight excluding hydrogens is 218 g/mol. The highest BCUT2D eigenvalue weighted by Gasteiger charge is 2.29. The molecule has 0 heterocycles. The van der Waals surface area contributed by atoms with Crippen molar-refractivity contribution in [2.45, 2.75) is 31.6 Å². The zero-order valence-electron chi connectivity index (χ0n) is 9.61. The summed E-state index contributed by atoms with van der Waals surface area (Å²) in [5.41, 5.74) is 0. The van der Waals surface area contributed by atoms with Gasteiger partial charge in [-0.25, -0.2) is 8.42 Å². The summed E-state index contributed by atoms with van der Waals surface area (Å²) in [6.07, 6.45) is 0.693. The number of sulfone groups is 1. The summed E-state index contributed by atoms with van der Waals surface area (Å²) in [7, 11) is -0.547. The molecule has 0 fully saturated rings. The van der Waals surface area contributed by atoms with Crippen LogP contribution >= 0.6 is 0 Å². The molecule has 0 amide bonds. The van der Waals surface area contributed by atoms with Crippen molar-refractivity contribution in [1.82, 2.24) is 5.32 Å². The van der Waals surface area contributed by atoms with Crippen LogP contribution in [0.2, 0.25) is 0 Å². The molecule has 0 saturated carbocycles. The summed E-state index contributed by atoms with van der Waals surface area (Å²) >= 11 is 0. The van der Waals surface area contributed by atoms with E-state index < -0.39 is 26.8 Å². The highest BCUT2D eigenvalue weighted by Crippen LogP contribution is 2.10. The van der Waals surface area contributed by atoms with Crippen LogP contribution in [0.25, 0.3) is 0 Å². The first-order valence-corrected chi connectivity index (χ1v) is 6.56. The molecule has 6 heteroatoms. The monoisotopic (exact) mass is 237 g/mol. The van der Waals surface area contributed by atoms with Crippen LogP contribution in [0, 0.1) is 0 Å². The molecule has 2 unspecified atom stereocenters. The van der Waals surface area contributed by atoms with Gasteiger partial charge in [-0.15, -0.1) is 0 Å². The molecule has 1 N–H and O–H groups in total. The lowest BCUT2D eigenvalue weighted by Crippen LogP contribution is -2.42. The molecule has 15 heavy (non-hydrogen) atoms. The number of nitrogens with one attached hydrogen (secondary N) is 1. The molecule has 0 saturated heterocycles. The number of hydrogen-bond donors (Lipinski definition) is 1. The van der Waals surface area contributed by atoms with Crippen LogP contribution in [0.4, 0.5) is 0 Å². The minimum atomic E-state index is -3.43. The quantitative estimate of drug-likeness (QED) is 0.656. The van der Waals surface area contributed by atoms with Crippen molar-refractivity contribution in [1.29, 1.82) is 0 Å². The fraction of sp³-hybridized carbons (Fsp3) is 0.889. The van der Waals surface area contributed by atoms with Crippen molar-refractivity contribution in [3.8, 4) is 0 Å². The van der Waals surface area contributed by atoms with E-state index in [9.17, 15) is 13.2 Å². The third-order valence-electron chi connectivity index (χ3n) is 2.49. The fourth-order valence-corrected chi connectivity index (χ4v) is 2.91. The third kappa shape index (κ3) is 4.17. The normalized spacial score (nSPS) is 15.7. The molecule has 0 aromatic rings. The molecule has 0 aliphatic carbocycles.